The molecule has 1 rings (SSSR count). The van der Waals surface area contributed by atoms with Crippen LogP contribution in [0.5, 0.6) is 0 Å². The number of hydrogen-bond donors (Lipinski definition) is 0. The average molecular weight is 268 g/mol. The highest BCUT2D eigenvalue weighted by Crippen LogP contribution is 2.03. The first kappa shape index (κ1) is 14.0. The Morgan fingerprint density at radius 3 is 2.56 bits per heavy atom. The van der Waals surface area contributed by atoms with Crippen LogP contribution in [0.2, 0.25) is 0 Å². The van der Waals surface area contributed by atoms with Gasteiger partial charge >= 0.3 is 16.1 Å². The summed E-state index contributed by atoms with van der Waals surface area (Å²) in [5.74, 6) is -1.81. The number of carbonyl (C=O) groups is 1. The second kappa shape index (κ2) is 6.61. The van der Waals surface area contributed by atoms with Gasteiger partial charge in [0.1, 0.15) is 6.26 Å². The largest absolute Gasteiger partial charge is 0.434 e. The first-order chi connectivity index (χ1) is 8.53. The fourth-order valence-electron chi connectivity index (χ4n) is 1.06. The van der Waals surface area contributed by atoms with Gasteiger partial charge in [0.15, 0.2) is 5.75 Å². The van der Waals surface area contributed by atoms with Gasteiger partial charge in [0, 0.05) is 0 Å². The lowest BCUT2D eigenvalue weighted by Gasteiger charge is -2.01. The Labute approximate surface area is 105 Å². The monoisotopic (exact) mass is 268 g/mol. The topological polar surface area (TPSA) is 69.7 Å². The number of rotatable bonds is 6. The average Bonchev–Trinajstić information content (AvgIpc) is 2.29. The number of carbonyl (C=O) groups excluding carboxylic acids is 1. The molecule has 0 unspecified atom stereocenters. The van der Waals surface area contributed by atoms with Crippen LogP contribution in [0.4, 0.5) is 0 Å². The SMILES string of the molecule is C=COC(=O)CS(=O)(=O)OC=Cc1ccccc1. The highest BCUT2D eigenvalue weighted by atomic mass is 32.2. The van der Waals surface area contributed by atoms with Crippen molar-refractivity contribution in [2.24, 2.45) is 0 Å². The highest BCUT2D eigenvalue weighted by Gasteiger charge is 2.17. The molecule has 0 saturated carbocycles. The van der Waals surface area contributed by atoms with E-state index < -0.39 is 21.8 Å². The van der Waals surface area contributed by atoms with Crippen LogP contribution >= 0.6 is 0 Å². The first-order valence-electron chi connectivity index (χ1n) is 4.96. The molecule has 5 nitrogen and oxygen atoms in total. The van der Waals surface area contributed by atoms with Gasteiger partial charge in [-0.25, -0.2) is 0 Å². The van der Waals surface area contributed by atoms with Gasteiger partial charge in [-0.05, 0) is 11.6 Å². The second-order valence-electron chi connectivity index (χ2n) is 3.17. The minimum absolute atomic E-state index is 0.779. The van der Waals surface area contributed by atoms with Gasteiger partial charge in [-0.2, -0.15) is 8.42 Å². The summed E-state index contributed by atoms with van der Waals surface area (Å²) in [6.07, 6.45) is 3.33. The van der Waals surface area contributed by atoms with Crippen molar-refractivity contribution < 1.29 is 22.1 Å². The third-order valence-corrected chi connectivity index (χ3v) is 2.77. The Hall–Kier alpha value is -2.08. The van der Waals surface area contributed by atoms with E-state index in [0.29, 0.717) is 0 Å². The van der Waals surface area contributed by atoms with Crippen molar-refractivity contribution in [1.82, 2.24) is 0 Å². The summed E-state index contributed by atoms with van der Waals surface area (Å²) in [6, 6.07) is 8.99. The molecule has 0 saturated heterocycles. The number of hydrogen-bond acceptors (Lipinski definition) is 5. The predicted molar refractivity (Wildman–Crippen MR) is 66.6 cm³/mol. The molecule has 0 bridgehead atoms. The molecule has 0 N–H and O–H groups in total. The Morgan fingerprint density at radius 1 is 1.28 bits per heavy atom. The predicted octanol–water partition coefficient (Wildman–Crippen LogP) is 1.69. The molecule has 0 spiro atoms. The van der Waals surface area contributed by atoms with Crippen molar-refractivity contribution >= 4 is 22.2 Å². The van der Waals surface area contributed by atoms with E-state index in [4.69, 9.17) is 0 Å². The van der Waals surface area contributed by atoms with Crippen LogP contribution in [0.25, 0.3) is 6.08 Å². The van der Waals surface area contributed by atoms with E-state index in [9.17, 15) is 13.2 Å². The van der Waals surface area contributed by atoms with E-state index in [-0.39, 0.29) is 0 Å². The molecule has 96 valence electrons. The molecular weight excluding hydrogens is 256 g/mol. The molecule has 0 aliphatic heterocycles. The Balaban J connectivity index is 2.54. The number of ether oxygens (including phenoxy) is 1. The van der Waals surface area contributed by atoms with Crippen LogP contribution in [0, 0.1) is 0 Å². The lowest BCUT2D eigenvalue weighted by atomic mass is 10.2. The Kier molecular flexibility index (Phi) is 5.13. The summed E-state index contributed by atoms with van der Waals surface area (Å²) in [7, 11) is -3.98. The molecule has 0 aromatic heterocycles. The maximum atomic E-state index is 11.3. The fraction of sp³-hybridized carbons (Fsp3) is 0.0833. The summed E-state index contributed by atoms with van der Waals surface area (Å²) in [6.45, 7) is 3.14. The van der Waals surface area contributed by atoms with E-state index in [1.807, 2.05) is 6.07 Å². The van der Waals surface area contributed by atoms with E-state index in [2.05, 4.69) is 15.5 Å². The van der Waals surface area contributed by atoms with E-state index in [1.54, 1.807) is 24.3 Å². The molecule has 0 aliphatic rings. The molecule has 18 heavy (non-hydrogen) atoms. The lowest BCUT2D eigenvalue weighted by molar-refractivity contribution is -0.135. The Bertz CT molecular complexity index is 531. The van der Waals surface area contributed by atoms with Crippen molar-refractivity contribution in [2.45, 2.75) is 0 Å². The molecule has 1 aromatic rings. The minimum Gasteiger partial charge on any atom is -0.434 e. The van der Waals surface area contributed by atoms with Crippen LogP contribution in [0.15, 0.2) is 49.4 Å². The van der Waals surface area contributed by atoms with Crippen LogP contribution in [0.1, 0.15) is 5.56 Å². The molecule has 0 radical (unpaired) electrons. The third kappa shape index (κ3) is 5.31. The number of esters is 1. The maximum absolute atomic E-state index is 11.3. The van der Waals surface area contributed by atoms with Crippen LogP contribution in [0.3, 0.4) is 0 Å². The fourth-order valence-corrected chi connectivity index (χ4v) is 1.71. The van der Waals surface area contributed by atoms with Gasteiger partial charge in [-0.3, -0.25) is 4.79 Å². The van der Waals surface area contributed by atoms with Gasteiger partial charge in [0.2, 0.25) is 0 Å². The van der Waals surface area contributed by atoms with E-state index in [1.165, 1.54) is 6.08 Å². The van der Waals surface area contributed by atoms with Crippen molar-refractivity contribution in [3.63, 3.8) is 0 Å². The molecule has 0 atom stereocenters. The minimum atomic E-state index is -3.98. The second-order valence-corrected chi connectivity index (χ2v) is 4.76. The van der Waals surface area contributed by atoms with Crippen molar-refractivity contribution in [3.8, 4) is 0 Å². The van der Waals surface area contributed by atoms with Gasteiger partial charge in [-0.15, -0.1) is 0 Å². The lowest BCUT2D eigenvalue weighted by Crippen LogP contribution is -2.17. The van der Waals surface area contributed by atoms with Gasteiger partial charge in [0.25, 0.3) is 0 Å². The zero-order valence-corrected chi connectivity index (χ0v) is 10.3. The molecule has 0 aliphatic carbocycles. The smallest absolute Gasteiger partial charge is 0.329 e. The van der Waals surface area contributed by atoms with Crippen molar-refractivity contribution in [1.29, 1.82) is 0 Å². The molecule has 0 amide bonds. The first-order valence-corrected chi connectivity index (χ1v) is 6.54. The normalized spacial score (nSPS) is 11.1. The van der Waals surface area contributed by atoms with Crippen molar-refractivity contribution in [3.05, 3.63) is 55.0 Å². The third-order valence-electron chi connectivity index (χ3n) is 1.77. The maximum Gasteiger partial charge on any atom is 0.329 e. The Morgan fingerprint density at radius 2 is 1.94 bits per heavy atom. The van der Waals surface area contributed by atoms with Gasteiger partial charge < -0.3 is 8.92 Å². The summed E-state index contributed by atoms with van der Waals surface area (Å²) in [5, 5.41) is 0. The molecule has 0 heterocycles. The van der Waals surface area contributed by atoms with E-state index >= 15 is 0 Å². The summed E-state index contributed by atoms with van der Waals surface area (Å²) in [4.78, 5) is 10.9. The highest BCUT2D eigenvalue weighted by molar-refractivity contribution is 7.87. The zero-order chi connectivity index (χ0) is 13.4. The zero-order valence-electron chi connectivity index (χ0n) is 9.48. The quantitative estimate of drug-likeness (QED) is 0.446. The summed E-state index contributed by atoms with van der Waals surface area (Å²) < 4.78 is 31.4. The molecule has 1 aromatic carbocycles. The standard InChI is InChI=1S/C12H12O5S/c1-2-16-12(13)10-18(14,15)17-9-8-11-6-4-3-5-7-11/h2-9H,1,10H2. The van der Waals surface area contributed by atoms with Gasteiger partial charge in [0.05, 0.1) is 6.26 Å². The molecule has 0 fully saturated rings. The molecular formula is C12H12O5S. The van der Waals surface area contributed by atoms with Crippen LogP contribution < -0.4 is 0 Å². The summed E-state index contributed by atoms with van der Waals surface area (Å²) in [5.41, 5.74) is 0.779. The molecule has 6 heteroatoms. The van der Waals surface area contributed by atoms with E-state index in [0.717, 1.165) is 18.1 Å². The van der Waals surface area contributed by atoms with Crippen molar-refractivity contribution in [2.75, 3.05) is 5.75 Å². The van der Waals surface area contributed by atoms with Gasteiger partial charge in [-0.1, -0.05) is 36.9 Å². The number of benzene rings is 1. The summed E-state index contributed by atoms with van der Waals surface area (Å²) >= 11 is 0. The van der Waals surface area contributed by atoms with Crippen LogP contribution in [-0.2, 0) is 23.8 Å². The van der Waals surface area contributed by atoms with Crippen LogP contribution in [-0.4, -0.2) is 20.1 Å².